The molecule has 3 aromatic heterocycles. The van der Waals surface area contributed by atoms with Crippen LogP contribution in [-0.4, -0.2) is 37.7 Å². The Morgan fingerprint density at radius 2 is 1.82 bits per heavy atom. The molecule has 1 unspecified atom stereocenters. The number of halogens is 1. The van der Waals surface area contributed by atoms with Gasteiger partial charge in [-0.1, -0.05) is 66.2 Å². The van der Waals surface area contributed by atoms with E-state index in [2.05, 4.69) is 15.0 Å². The second-order valence-corrected chi connectivity index (χ2v) is 11.3. The molecule has 9 nitrogen and oxygen atoms in total. The second kappa shape index (κ2) is 10.2. The lowest BCUT2D eigenvalue weighted by molar-refractivity contribution is 0.0931. The molecule has 1 atom stereocenters. The number of nitrogens with zero attached hydrogens (tertiary/aromatic N) is 3. The third-order valence-corrected chi connectivity index (χ3v) is 8.58. The van der Waals surface area contributed by atoms with Gasteiger partial charge in [0.15, 0.2) is 0 Å². The Balaban J connectivity index is 1.36. The van der Waals surface area contributed by atoms with E-state index >= 15 is 0 Å². The van der Waals surface area contributed by atoms with Gasteiger partial charge in [-0.05, 0) is 59.2 Å². The predicted octanol–water partition coefficient (Wildman–Crippen LogP) is 7.21. The van der Waals surface area contributed by atoms with Crippen LogP contribution in [0.5, 0.6) is 17.5 Å². The van der Waals surface area contributed by atoms with Crippen LogP contribution in [0.15, 0.2) is 96.1 Å². The zero-order valence-corrected chi connectivity index (χ0v) is 24.8. The highest BCUT2D eigenvalue weighted by atomic mass is 35.5. The number of carbonyl (C=O) groups excluding carboxylic acids is 1. The molecule has 0 amide bonds. The molecular formula is C35H24ClN5O4. The fraction of sp³-hybridized carbons (Fsp3) is 0.0857. The summed E-state index contributed by atoms with van der Waals surface area (Å²) >= 11 is 6.40. The molecule has 1 aliphatic rings. The van der Waals surface area contributed by atoms with Crippen molar-refractivity contribution in [2.75, 3.05) is 7.11 Å². The van der Waals surface area contributed by atoms with Crippen molar-refractivity contribution in [2.24, 2.45) is 0 Å². The van der Waals surface area contributed by atoms with Gasteiger partial charge in [-0.25, -0.2) is 4.98 Å². The number of hydrogen-bond acceptors (Lipinski definition) is 6. The molecule has 220 valence electrons. The number of fused-ring (bicyclic) bond motifs is 4. The van der Waals surface area contributed by atoms with E-state index in [1.165, 1.54) is 11.0 Å². The zero-order chi connectivity index (χ0) is 30.8. The van der Waals surface area contributed by atoms with Crippen LogP contribution in [-0.2, 0) is 0 Å². The van der Waals surface area contributed by atoms with E-state index in [4.69, 9.17) is 26.2 Å². The van der Waals surface area contributed by atoms with Crippen LogP contribution >= 0.6 is 11.6 Å². The Labute approximate surface area is 261 Å². The summed E-state index contributed by atoms with van der Waals surface area (Å²) < 4.78 is 13.0. The van der Waals surface area contributed by atoms with E-state index in [0.717, 1.165) is 38.6 Å². The van der Waals surface area contributed by atoms with E-state index in [1.54, 1.807) is 13.2 Å². The lowest BCUT2D eigenvalue weighted by Crippen LogP contribution is -2.25. The molecule has 7 aromatic rings. The smallest absolute Gasteiger partial charge is 0.298 e. The molecule has 0 saturated carbocycles. The molecule has 8 rings (SSSR count). The number of rotatable bonds is 4. The van der Waals surface area contributed by atoms with Crippen LogP contribution in [0.1, 0.15) is 38.8 Å². The van der Waals surface area contributed by atoms with Crippen molar-refractivity contribution in [3.8, 4) is 28.6 Å². The number of benzene rings is 4. The van der Waals surface area contributed by atoms with Crippen molar-refractivity contribution in [1.29, 1.82) is 0 Å². The highest BCUT2D eigenvalue weighted by molar-refractivity contribution is 6.31. The van der Waals surface area contributed by atoms with Gasteiger partial charge >= 0.3 is 0 Å². The molecule has 45 heavy (non-hydrogen) atoms. The lowest BCUT2D eigenvalue weighted by Gasteiger charge is -2.26. The first-order valence-corrected chi connectivity index (χ1v) is 14.6. The minimum absolute atomic E-state index is 0.113. The van der Waals surface area contributed by atoms with E-state index in [-0.39, 0.29) is 17.3 Å². The van der Waals surface area contributed by atoms with Gasteiger partial charge in [-0.15, -0.1) is 0 Å². The molecule has 0 radical (unpaired) electrons. The number of H-pyrrole nitrogens is 2. The minimum Gasteiger partial charge on any atom is -0.497 e. The molecule has 10 heteroatoms. The predicted molar refractivity (Wildman–Crippen MR) is 172 cm³/mol. The summed E-state index contributed by atoms with van der Waals surface area (Å²) in [6.07, 6.45) is 1.29. The molecule has 4 heterocycles. The van der Waals surface area contributed by atoms with Crippen LogP contribution in [0.2, 0.25) is 5.02 Å². The van der Waals surface area contributed by atoms with Crippen molar-refractivity contribution >= 4 is 39.2 Å². The van der Waals surface area contributed by atoms with Gasteiger partial charge in [0.05, 0.1) is 36.2 Å². The lowest BCUT2D eigenvalue weighted by atomic mass is 9.82. The van der Waals surface area contributed by atoms with E-state index in [9.17, 15) is 9.59 Å². The molecule has 2 N–H and O–H groups in total. The van der Waals surface area contributed by atoms with Crippen molar-refractivity contribution in [1.82, 2.24) is 24.7 Å². The summed E-state index contributed by atoms with van der Waals surface area (Å²) in [5, 5.41) is 7.94. The molecule has 4 aromatic carbocycles. The standard InChI is InChI=1S/C35H24ClN5O4/c1-18-27-29(24-10-6-9-20-15-22(44-2)12-13-23(20)24)30-32(42)37-17-38-33(30)45-35(27)41(40-18)34(43)31-28(19-7-4-3-5-8-19)25-16-21(36)11-14-26(25)39-31/h3-17,29,39H,1-2H3,(H,37,38,42). The third-order valence-electron chi connectivity index (χ3n) is 8.35. The maximum atomic E-state index is 14.5. The largest absolute Gasteiger partial charge is 0.497 e. The molecule has 0 fully saturated rings. The van der Waals surface area contributed by atoms with Crippen LogP contribution in [0, 0.1) is 6.92 Å². The molecular weight excluding hydrogens is 590 g/mol. The number of aromatic amines is 2. The van der Waals surface area contributed by atoms with Crippen LogP contribution in [0.3, 0.4) is 0 Å². The average Bonchev–Trinajstić information content (AvgIpc) is 3.60. The van der Waals surface area contributed by atoms with E-state index in [0.29, 0.717) is 33.1 Å². The fourth-order valence-electron chi connectivity index (χ4n) is 6.36. The van der Waals surface area contributed by atoms with Gasteiger partial charge in [0.2, 0.25) is 11.8 Å². The zero-order valence-electron chi connectivity index (χ0n) is 24.1. The number of carbonyl (C=O) groups is 1. The van der Waals surface area contributed by atoms with E-state index in [1.807, 2.05) is 85.8 Å². The summed E-state index contributed by atoms with van der Waals surface area (Å²) in [7, 11) is 1.62. The van der Waals surface area contributed by atoms with E-state index < -0.39 is 11.8 Å². The monoisotopic (exact) mass is 613 g/mol. The van der Waals surface area contributed by atoms with Crippen LogP contribution in [0.4, 0.5) is 0 Å². The third kappa shape index (κ3) is 4.16. The first-order chi connectivity index (χ1) is 21.9. The number of aromatic nitrogens is 5. The molecule has 0 spiro atoms. The normalized spacial score (nSPS) is 13.8. The molecule has 0 aliphatic carbocycles. The Kier molecular flexibility index (Phi) is 6.11. The molecule has 1 aliphatic heterocycles. The Bertz CT molecular complexity index is 2370. The first kappa shape index (κ1) is 26.9. The summed E-state index contributed by atoms with van der Waals surface area (Å²) in [4.78, 5) is 38.3. The Hall–Kier alpha value is -5.67. The highest BCUT2D eigenvalue weighted by Gasteiger charge is 2.39. The maximum Gasteiger partial charge on any atom is 0.298 e. The van der Waals surface area contributed by atoms with Crippen molar-refractivity contribution in [2.45, 2.75) is 12.8 Å². The SMILES string of the molecule is COc1ccc2c(C3c4c(C)nn(C(=O)c5[nH]c6ccc(Cl)cc6c5-c5ccccc5)c4Oc4nc[nH]c(=O)c43)cccc2c1. The number of ether oxygens (including phenoxy) is 2. The summed E-state index contributed by atoms with van der Waals surface area (Å²) in [5.41, 5.74) is 4.63. The van der Waals surface area contributed by atoms with Gasteiger partial charge in [0, 0.05) is 21.5 Å². The van der Waals surface area contributed by atoms with Crippen molar-refractivity contribution in [3.63, 3.8) is 0 Å². The van der Waals surface area contributed by atoms with Crippen molar-refractivity contribution < 1.29 is 14.3 Å². The number of methoxy groups -OCH3 is 1. The second-order valence-electron chi connectivity index (χ2n) is 10.9. The molecule has 0 bridgehead atoms. The van der Waals surface area contributed by atoms with Crippen molar-refractivity contribution in [3.05, 3.63) is 135 Å². The Morgan fingerprint density at radius 1 is 0.978 bits per heavy atom. The number of hydrogen-bond donors (Lipinski definition) is 2. The van der Waals surface area contributed by atoms with Crippen LogP contribution < -0.4 is 15.0 Å². The van der Waals surface area contributed by atoms with Gasteiger partial charge in [0.1, 0.15) is 11.4 Å². The Morgan fingerprint density at radius 3 is 2.64 bits per heavy atom. The molecule has 0 saturated heterocycles. The van der Waals surface area contributed by atoms with Gasteiger partial charge in [0.25, 0.3) is 11.5 Å². The quantitative estimate of drug-likeness (QED) is 0.217. The van der Waals surface area contributed by atoms with Crippen LogP contribution in [0.25, 0.3) is 32.8 Å². The number of nitrogens with one attached hydrogen (secondary N) is 2. The summed E-state index contributed by atoms with van der Waals surface area (Å²) in [6.45, 7) is 1.81. The van der Waals surface area contributed by atoms with Gasteiger partial charge < -0.3 is 19.4 Å². The average molecular weight is 614 g/mol. The highest BCUT2D eigenvalue weighted by Crippen LogP contribution is 2.48. The fourth-order valence-corrected chi connectivity index (χ4v) is 6.54. The first-order valence-electron chi connectivity index (χ1n) is 14.3. The summed E-state index contributed by atoms with van der Waals surface area (Å²) in [6, 6.07) is 26.8. The number of aryl methyl sites for hydroxylation is 1. The maximum absolute atomic E-state index is 14.5. The van der Waals surface area contributed by atoms with Gasteiger partial charge in [-0.2, -0.15) is 9.78 Å². The topological polar surface area (TPSA) is 115 Å². The minimum atomic E-state index is -0.616. The van der Waals surface area contributed by atoms with Gasteiger partial charge in [-0.3, -0.25) is 9.59 Å². The summed E-state index contributed by atoms with van der Waals surface area (Å²) in [5.74, 6) is -0.0115.